The predicted molar refractivity (Wildman–Crippen MR) is 28.3 cm³/mol. The minimum atomic E-state index is -0.352. The second kappa shape index (κ2) is 2.02. The molecule has 0 saturated heterocycles. The first-order valence-corrected chi connectivity index (χ1v) is 3.69. The van der Waals surface area contributed by atoms with Crippen molar-refractivity contribution in [3.63, 3.8) is 0 Å². The van der Waals surface area contributed by atoms with E-state index in [4.69, 9.17) is 5.73 Å². The zero-order valence-corrected chi connectivity index (χ0v) is 7.89. The summed E-state index contributed by atoms with van der Waals surface area (Å²) in [5.41, 5.74) is 4.74. The molecule has 0 aromatic heterocycles. The first-order valence-electron chi connectivity index (χ1n) is 1.60. The molecule has 0 heterocycles. The molecule has 2 nitrogen and oxygen atoms in total. The topological polar surface area (TPSA) is 43.1 Å². The van der Waals surface area contributed by atoms with Gasteiger partial charge in [0.05, 0.1) is 0 Å². The van der Waals surface area contributed by atoms with Crippen LogP contribution in [0.4, 0.5) is 0 Å². The van der Waals surface area contributed by atoms with Gasteiger partial charge in [0.25, 0.3) is 0 Å². The molecule has 0 aliphatic rings. The summed E-state index contributed by atoms with van der Waals surface area (Å²) >= 11 is 0.374. The Morgan fingerprint density at radius 1 is 1.83 bits per heavy atom. The molecule has 0 aromatic rings. The molecule has 1 amide bonds. The molecule has 0 atom stereocenters. The normalized spacial score (nSPS) is 8.00. The summed E-state index contributed by atoms with van der Waals surface area (Å²) in [6, 6.07) is 0. The number of amides is 1. The van der Waals surface area contributed by atoms with Gasteiger partial charge in [-0.05, 0) is 0 Å². The zero-order valence-electron chi connectivity index (χ0n) is 3.69. The van der Waals surface area contributed by atoms with E-state index in [9.17, 15) is 4.79 Å². The quantitative estimate of drug-likeness (QED) is 0.349. The van der Waals surface area contributed by atoms with Crippen LogP contribution in [0.3, 0.4) is 0 Å². The van der Waals surface area contributed by atoms with Crippen LogP contribution in [0.25, 0.3) is 0 Å². The Kier molecular flexibility index (Phi) is 1.94. The van der Waals surface area contributed by atoms with E-state index >= 15 is 0 Å². The van der Waals surface area contributed by atoms with Crippen LogP contribution in [0.1, 0.15) is 0 Å². The van der Waals surface area contributed by atoms with Gasteiger partial charge in [0.2, 0.25) is 0 Å². The molecule has 3 heteroatoms. The van der Waals surface area contributed by atoms with Gasteiger partial charge in [0, 0.05) is 0 Å². The number of primary amides is 1. The predicted octanol–water partition coefficient (Wildman–Crippen LogP) is -1.65. The summed E-state index contributed by atoms with van der Waals surface area (Å²) in [6.45, 7) is 3.36. The Labute approximate surface area is 44.6 Å². The molecule has 6 heavy (non-hydrogen) atoms. The molecular weight excluding hydrogens is 139 g/mol. The van der Waals surface area contributed by atoms with E-state index in [-0.39, 0.29) is 5.91 Å². The molecule has 0 radical (unpaired) electrons. The Bertz CT molecular complexity index is 76.8. The van der Waals surface area contributed by atoms with Crippen LogP contribution in [0, 0.1) is 0 Å². The zero-order chi connectivity index (χ0) is 5.15. The van der Waals surface area contributed by atoms with Crippen LogP contribution in [0.15, 0.2) is 11.0 Å². The van der Waals surface area contributed by atoms with Gasteiger partial charge in [-0.25, -0.2) is 0 Å². The van der Waals surface area contributed by atoms with Crippen molar-refractivity contribution in [2.75, 3.05) is 0 Å². The van der Waals surface area contributed by atoms with Crippen molar-refractivity contribution in [1.82, 2.24) is 0 Å². The number of nitrogens with two attached hydrogens (primary N) is 1. The average molecular weight is 146 g/mol. The monoisotopic (exact) mass is 147 g/mol. The summed E-state index contributed by atoms with van der Waals surface area (Å²) in [6.07, 6.45) is 0. The number of carbonyl (C=O) groups excluding carboxylic acids is 1. The minimum absolute atomic E-state index is 0.352. The van der Waals surface area contributed by atoms with Crippen LogP contribution in [-0.4, -0.2) is 22.4 Å². The molecule has 0 aliphatic carbocycles. The first kappa shape index (κ1) is 5.75. The molecule has 0 aliphatic heterocycles. The molecule has 0 saturated carbocycles. The van der Waals surface area contributed by atoms with E-state index in [1.54, 1.807) is 0 Å². The van der Waals surface area contributed by atoms with Crippen LogP contribution < -0.4 is 5.73 Å². The number of hydrogen-bond acceptors (Lipinski definition) is 1. The fraction of sp³-hybridized carbons (Fsp3) is 0. The van der Waals surface area contributed by atoms with Gasteiger partial charge in [-0.15, -0.1) is 0 Å². The molecule has 0 rings (SSSR count). The molecule has 0 unspecified atom stereocenters. The fourth-order valence-electron chi connectivity index (χ4n) is 0. The van der Waals surface area contributed by atoms with E-state index in [1.807, 2.05) is 0 Å². The van der Waals surface area contributed by atoms with Crippen molar-refractivity contribution < 1.29 is 4.79 Å². The van der Waals surface area contributed by atoms with Crippen molar-refractivity contribution >= 4 is 22.4 Å². The van der Waals surface area contributed by atoms with Gasteiger partial charge in [-0.1, -0.05) is 0 Å². The number of carbonyl (C=O) groups is 1. The van der Waals surface area contributed by atoms with Crippen LogP contribution >= 0.6 is 0 Å². The maximum absolute atomic E-state index is 9.87. The second-order valence-corrected chi connectivity index (χ2v) is 3.68. The molecular formula is C3H7GeNO. The van der Waals surface area contributed by atoms with E-state index in [0.717, 1.165) is 0 Å². The van der Waals surface area contributed by atoms with E-state index in [1.165, 1.54) is 0 Å². The van der Waals surface area contributed by atoms with E-state index in [0.29, 0.717) is 20.9 Å². The molecule has 0 aromatic carbocycles. The second-order valence-electron chi connectivity index (χ2n) is 1.14. The van der Waals surface area contributed by atoms with E-state index in [2.05, 4.69) is 6.58 Å². The Hall–Kier alpha value is -0.247. The van der Waals surface area contributed by atoms with Gasteiger partial charge < -0.3 is 0 Å². The summed E-state index contributed by atoms with van der Waals surface area (Å²) < 4.78 is 0.586. The van der Waals surface area contributed by atoms with Crippen molar-refractivity contribution in [1.29, 1.82) is 0 Å². The number of rotatable bonds is 1. The fourth-order valence-corrected chi connectivity index (χ4v) is 0. The molecule has 0 spiro atoms. The molecule has 34 valence electrons. The summed E-state index contributed by atoms with van der Waals surface area (Å²) in [5, 5.41) is 0. The summed E-state index contributed by atoms with van der Waals surface area (Å²) in [4.78, 5) is 9.87. The third kappa shape index (κ3) is 2.02. The van der Waals surface area contributed by atoms with Gasteiger partial charge in [-0.2, -0.15) is 0 Å². The third-order valence-corrected chi connectivity index (χ3v) is 1.45. The summed E-state index contributed by atoms with van der Waals surface area (Å²) in [5.74, 6) is -0.352. The molecule has 0 fully saturated rings. The molecule has 0 bridgehead atoms. The SMILES string of the molecule is C=[C]([GeH3])C(N)=O. The van der Waals surface area contributed by atoms with Crippen LogP contribution in [-0.2, 0) is 4.79 Å². The Balaban J connectivity index is 3.57. The maximum atomic E-state index is 9.87. The first-order chi connectivity index (χ1) is 2.64. The third-order valence-electron chi connectivity index (χ3n) is 0.421. The summed E-state index contributed by atoms with van der Waals surface area (Å²) in [7, 11) is 0. The van der Waals surface area contributed by atoms with Crippen LogP contribution in [0.5, 0.6) is 0 Å². The van der Waals surface area contributed by atoms with Gasteiger partial charge >= 0.3 is 43.9 Å². The van der Waals surface area contributed by atoms with Crippen molar-refractivity contribution in [3.8, 4) is 0 Å². The Morgan fingerprint density at radius 3 is 2.00 bits per heavy atom. The average Bonchev–Trinajstić information content (AvgIpc) is 1.36. The van der Waals surface area contributed by atoms with Crippen molar-refractivity contribution in [2.45, 2.75) is 0 Å². The Morgan fingerprint density at radius 2 is 2.00 bits per heavy atom. The molecule has 2 N–H and O–H groups in total. The van der Waals surface area contributed by atoms with Crippen LogP contribution in [0.2, 0.25) is 0 Å². The van der Waals surface area contributed by atoms with Gasteiger partial charge in [-0.3, -0.25) is 0 Å². The van der Waals surface area contributed by atoms with Crippen molar-refractivity contribution in [2.24, 2.45) is 5.73 Å². The van der Waals surface area contributed by atoms with Gasteiger partial charge in [0.15, 0.2) is 0 Å². The standard InChI is InChI=1S/C3H7GeNO/c1-2(4)3(5)6/h1H2,4H3,(H2,5,6). The van der Waals surface area contributed by atoms with E-state index < -0.39 is 0 Å². The van der Waals surface area contributed by atoms with Gasteiger partial charge in [0.1, 0.15) is 0 Å². The van der Waals surface area contributed by atoms with Crippen molar-refractivity contribution in [3.05, 3.63) is 11.0 Å². The number of hydrogen-bond donors (Lipinski definition) is 1.